The Hall–Kier alpha value is 13.1. The fourth-order valence-corrected chi connectivity index (χ4v) is 0. The summed E-state index contributed by atoms with van der Waals surface area (Å²) in [5, 5.41) is 0. The van der Waals surface area contributed by atoms with Crippen LogP contribution >= 0.6 is 0 Å². The van der Waals surface area contributed by atoms with Gasteiger partial charge in [0.2, 0.25) is 0 Å². The zero-order valence-corrected chi connectivity index (χ0v) is 38.5. The zero-order chi connectivity index (χ0) is 3.58. The predicted molar refractivity (Wildman–Crippen MR) is 0.686 cm³/mol. The summed E-state index contributed by atoms with van der Waals surface area (Å²) in [6, 6.07) is 0. The minimum atomic E-state index is -4.08. The molecule has 0 spiro atoms. The van der Waals surface area contributed by atoms with E-state index in [9.17, 15) is 0 Å². The standard InChI is InChI=1S/6FH.8K.3O.Ti/h6*1H;;;;;;;;;;;;/q;;;;;;8*+1;;2*-1;/p-6. The zero-order valence-electron chi connectivity index (χ0n) is 12.0. The first-order valence-electron chi connectivity index (χ1n) is 0.612. The predicted octanol–water partition coefficient (Wildman–Crippen LogP) is -44.4. The van der Waals surface area contributed by atoms with Crippen molar-refractivity contribution in [2.45, 2.75) is 0 Å². The number of hydrogen-bond acceptors (Lipinski definition) is 3. The van der Waals surface area contributed by atoms with E-state index in [1.54, 1.807) is 0 Å². The first kappa shape index (κ1) is 109. The summed E-state index contributed by atoms with van der Waals surface area (Å²) in [5.74, 6) is 0. The van der Waals surface area contributed by atoms with E-state index in [4.69, 9.17) is 10.7 Å². The average molecular weight is 523 g/mol. The van der Waals surface area contributed by atoms with Crippen LogP contribution in [0.2, 0.25) is 0 Å². The molecule has 0 aromatic heterocycles. The van der Waals surface area contributed by atoms with Gasteiger partial charge in [-0.25, -0.2) is 0 Å². The van der Waals surface area contributed by atoms with E-state index < -0.39 is 18.6 Å². The fraction of sp³-hybridized carbons (Fsp3) is 0. The van der Waals surface area contributed by atoms with Crippen molar-refractivity contribution in [3.8, 4) is 0 Å². The quantitative estimate of drug-likeness (QED) is 0.235. The monoisotopic (exact) mass is 522 g/mol. The van der Waals surface area contributed by atoms with E-state index in [0.29, 0.717) is 0 Å². The Bertz CT molecular complexity index is 53.8. The first-order chi connectivity index (χ1) is 1.73. The van der Waals surface area contributed by atoms with Crippen molar-refractivity contribution in [1.29, 1.82) is 0 Å². The molecule has 18 heteroatoms. The van der Waals surface area contributed by atoms with Crippen molar-refractivity contribution >= 4 is 0 Å². The molecule has 0 bridgehead atoms. The summed E-state index contributed by atoms with van der Waals surface area (Å²) in [5.41, 5.74) is 0. The molecule has 0 radical (unpaired) electrons. The molecule has 0 aromatic rings. The molecule has 0 aliphatic heterocycles. The van der Waals surface area contributed by atoms with Crippen LogP contribution in [0.4, 0.5) is 0 Å². The second-order valence-electron chi connectivity index (χ2n) is 0.250. The van der Waals surface area contributed by atoms with E-state index >= 15 is 0 Å². The Morgan fingerprint density at radius 3 is 0.444 bits per heavy atom. The van der Waals surface area contributed by atoms with E-state index in [1.807, 2.05) is 0 Å². The second-order valence-corrected chi connectivity index (χ2v) is 1.03. The van der Waals surface area contributed by atoms with E-state index in [-0.39, 0.29) is 439 Å². The van der Waals surface area contributed by atoms with Crippen LogP contribution in [0.3, 0.4) is 0 Å². The number of hydrogen-bond donors (Lipinski definition) is 0. The van der Waals surface area contributed by atoms with Gasteiger partial charge in [-0.3, -0.25) is 0 Å². The van der Waals surface area contributed by atoms with Crippen molar-refractivity contribution < 1.29 is 469 Å². The van der Waals surface area contributed by atoms with Gasteiger partial charge in [0.1, 0.15) is 0 Å². The van der Waals surface area contributed by atoms with Gasteiger partial charge in [-0.2, -0.15) is 0 Å². The molecule has 0 saturated carbocycles. The molecule has 0 aliphatic rings. The SMILES string of the molecule is [F-].[F-].[F-].[F-].[F-].[F-].[K+].[K+].[K+].[K+].[K+].[K+].[K+].[K+].[O]=[Ti]([O-])[O-]. The van der Waals surface area contributed by atoms with Crippen LogP contribution in [0.1, 0.15) is 0 Å². The molecular formula is F6K8O3Ti. The van der Waals surface area contributed by atoms with Crippen LogP contribution in [0.5, 0.6) is 0 Å². The van der Waals surface area contributed by atoms with Crippen LogP contribution in [-0.4, -0.2) is 0 Å². The van der Waals surface area contributed by atoms with Crippen molar-refractivity contribution in [1.82, 2.24) is 0 Å². The molecule has 0 heterocycles. The van der Waals surface area contributed by atoms with Gasteiger partial charge in [-0.15, -0.1) is 0 Å². The van der Waals surface area contributed by atoms with Crippen LogP contribution in [-0.2, 0) is 21.9 Å². The molecule has 0 fully saturated rings. The molecule has 0 aliphatic carbocycles. The third-order valence-corrected chi connectivity index (χ3v) is 0. The van der Waals surface area contributed by atoms with Crippen molar-refractivity contribution in [3.63, 3.8) is 0 Å². The molecule has 0 saturated heterocycles. The maximum absolute atomic E-state index is 8.58. The Labute approximate surface area is 450 Å². The molecule has 0 aromatic carbocycles. The summed E-state index contributed by atoms with van der Waals surface area (Å²) < 4.78 is 25.8. The maximum atomic E-state index is 8.58. The Balaban J connectivity index is -0.000000000495. The van der Waals surface area contributed by atoms with Crippen molar-refractivity contribution in [2.24, 2.45) is 0 Å². The summed E-state index contributed by atoms with van der Waals surface area (Å²) in [7, 11) is 0. The summed E-state index contributed by atoms with van der Waals surface area (Å²) in [4.78, 5) is 0. The van der Waals surface area contributed by atoms with Gasteiger partial charge in [-0.05, 0) is 0 Å². The van der Waals surface area contributed by atoms with Gasteiger partial charge in [0.25, 0.3) is 0 Å². The van der Waals surface area contributed by atoms with Crippen LogP contribution in [0.25, 0.3) is 0 Å². The van der Waals surface area contributed by atoms with Gasteiger partial charge in [0, 0.05) is 0 Å². The molecule has 18 heavy (non-hydrogen) atoms. The molecule has 0 rings (SSSR count). The molecule has 0 N–H and O–H groups in total. The van der Waals surface area contributed by atoms with Crippen LogP contribution in [0.15, 0.2) is 0 Å². The Kier molecular flexibility index (Phi) is 594. The van der Waals surface area contributed by atoms with E-state index in [2.05, 4.69) is 0 Å². The average Bonchev–Trinajstić information content (AvgIpc) is 0.811. The normalized spacial score (nSPS) is 1.44. The molecule has 72 valence electrons. The second kappa shape index (κ2) is 98.3. The minimum absolute atomic E-state index is 0. The molecule has 3 nitrogen and oxygen atoms in total. The van der Waals surface area contributed by atoms with Gasteiger partial charge in [0.05, 0.1) is 0 Å². The number of rotatable bonds is 0. The van der Waals surface area contributed by atoms with Gasteiger partial charge < -0.3 is 28.2 Å². The number of halogens is 6. The van der Waals surface area contributed by atoms with E-state index in [0.717, 1.165) is 0 Å². The first-order valence-corrected chi connectivity index (χ1v) is 2.52. The van der Waals surface area contributed by atoms with Gasteiger partial charge in [0.15, 0.2) is 0 Å². The molecular weight excluding hydrogens is 523 g/mol. The summed E-state index contributed by atoms with van der Waals surface area (Å²) in [6.45, 7) is 0. The molecule has 0 atom stereocenters. The molecule has 0 unspecified atom stereocenters. The molecule has 0 amide bonds. The van der Waals surface area contributed by atoms with Crippen LogP contribution in [0, 0.1) is 0 Å². The Morgan fingerprint density at radius 1 is 0.444 bits per heavy atom. The summed E-state index contributed by atoms with van der Waals surface area (Å²) in [6.07, 6.45) is 0. The van der Waals surface area contributed by atoms with Gasteiger partial charge in [-0.1, -0.05) is 0 Å². The third-order valence-electron chi connectivity index (χ3n) is 0. The van der Waals surface area contributed by atoms with Crippen molar-refractivity contribution in [2.75, 3.05) is 0 Å². The Morgan fingerprint density at radius 2 is 0.444 bits per heavy atom. The van der Waals surface area contributed by atoms with Crippen molar-refractivity contribution in [3.05, 3.63) is 0 Å². The topological polar surface area (TPSA) is 63.2 Å². The van der Waals surface area contributed by atoms with E-state index in [1.165, 1.54) is 0 Å². The van der Waals surface area contributed by atoms with Crippen LogP contribution < -0.4 is 447 Å². The summed E-state index contributed by atoms with van der Waals surface area (Å²) >= 11 is -4.08. The van der Waals surface area contributed by atoms with Gasteiger partial charge >= 0.3 is 440 Å². The fourth-order valence-electron chi connectivity index (χ4n) is 0. The third kappa shape index (κ3) is 134.